The van der Waals surface area contributed by atoms with Gasteiger partial charge in [0.05, 0.1) is 0 Å². The molecule has 0 fully saturated rings. The second kappa shape index (κ2) is 7.10. The zero-order valence-electron chi connectivity index (χ0n) is 8.60. The van der Waals surface area contributed by atoms with Crippen molar-refractivity contribution in [3.8, 4) is 0 Å². The van der Waals surface area contributed by atoms with Crippen molar-refractivity contribution < 1.29 is 0 Å². The van der Waals surface area contributed by atoms with Gasteiger partial charge in [-0.25, -0.2) is 0 Å². The van der Waals surface area contributed by atoms with Crippen LogP contribution in [0.15, 0.2) is 22.7 Å². The predicted molar refractivity (Wildman–Crippen MR) is 63.0 cm³/mol. The highest BCUT2D eigenvalue weighted by molar-refractivity contribution is 9.10. The normalized spacial score (nSPS) is 9.00. The molecule has 0 aliphatic carbocycles. The summed E-state index contributed by atoms with van der Waals surface area (Å²) < 4.78 is 1.17. The lowest BCUT2D eigenvalue weighted by molar-refractivity contribution is 0.956. The molecule has 0 aliphatic heterocycles. The Labute approximate surface area is 89.5 Å². The molecule has 13 heavy (non-hydrogen) atoms. The third kappa shape index (κ3) is 3.92. The van der Waals surface area contributed by atoms with E-state index in [1.165, 1.54) is 15.6 Å². The summed E-state index contributed by atoms with van der Waals surface area (Å²) in [6.07, 6.45) is 0.964. The van der Waals surface area contributed by atoms with E-state index in [0.717, 1.165) is 13.0 Å². The largest absolute Gasteiger partial charge is 0.330 e. The van der Waals surface area contributed by atoms with Gasteiger partial charge in [-0.1, -0.05) is 41.9 Å². The molecule has 0 radical (unpaired) electrons. The standard InChI is InChI=1S/C9H12BrN.C2H6/c1-7-8(5-6-11)3-2-4-9(7)10;1-2/h2-4H,5-6,11H2,1H3;1-2H3. The van der Waals surface area contributed by atoms with Crippen LogP contribution in [0.4, 0.5) is 0 Å². The van der Waals surface area contributed by atoms with Crippen LogP contribution in [0.2, 0.25) is 0 Å². The summed E-state index contributed by atoms with van der Waals surface area (Å²) in [5.41, 5.74) is 8.10. The van der Waals surface area contributed by atoms with Crippen molar-refractivity contribution in [3.05, 3.63) is 33.8 Å². The van der Waals surface area contributed by atoms with E-state index in [1.54, 1.807) is 0 Å². The number of hydrogen-bond acceptors (Lipinski definition) is 1. The highest BCUT2D eigenvalue weighted by Crippen LogP contribution is 2.19. The zero-order chi connectivity index (χ0) is 10.3. The van der Waals surface area contributed by atoms with E-state index in [4.69, 9.17) is 5.73 Å². The fourth-order valence-corrected chi connectivity index (χ4v) is 1.49. The van der Waals surface area contributed by atoms with Gasteiger partial charge in [0.1, 0.15) is 0 Å². The van der Waals surface area contributed by atoms with Crippen LogP contribution < -0.4 is 5.73 Å². The molecule has 0 aromatic heterocycles. The van der Waals surface area contributed by atoms with Crippen molar-refractivity contribution >= 4 is 15.9 Å². The molecule has 0 unspecified atom stereocenters. The zero-order valence-corrected chi connectivity index (χ0v) is 10.2. The van der Waals surface area contributed by atoms with Gasteiger partial charge in [0.25, 0.3) is 0 Å². The topological polar surface area (TPSA) is 26.0 Å². The van der Waals surface area contributed by atoms with Crippen molar-refractivity contribution in [3.63, 3.8) is 0 Å². The number of nitrogens with two attached hydrogens (primary N) is 1. The number of benzene rings is 1. The summed E-state index contributed by atoms with van der Waals surface area (Å²) in [7, 11) is 0. The Bertz CT molecular complexity index is 246. The Morgan fingerprint density at radius 3 is 2.46 bits per heavy atom. The minimum atomic E-state index is 0.720. The van der Waals surface area contributed by atoms with Gasteiger partial charge < -0.3 is 5.73 Å². The summed E-state index contributed by atoms with van der Waals surface area (Å²) in [4.78, 5) is 0. The molecule has 0 atom stereocenters. The molecule has 0 aliphatic rings. The first-order valence-corrected chi connectivity index (χ1v) is 5.49. The lowest BCUT2D eigenvalue weighted by Crippen LogP contribution is -2.04. The fraction of sp³-hybridized carbons (Fsp3) is 0.455. The first-order chi connectivity index (χ1) is 6.25. The molecule has 1 rings (SSSR count). The van der Waals surface area contributed by atoms with Crippen LogP contribution in [0.1, 0.15) is 25.0 Å². The minimum Gasteiger partial charge on any atom is -0.330 e. The molecule has 74 valence electrons. The van der Waals surface area contributed by atoms with Gasteiger partial charge in [0.2, 0.25) is 0 Å². The van der Waals surface area contributed by atoms with E-state index in [0.29, 0.717) is 0 Å². The summed E-state index contributed by atoms with van der Waals surface area (Å²) in [5.74, 6) is 0. The first kappa shape index (κ1) is 12.7. The molecule has 1 nitrogen and oxygen atoms in total. The maximum Gasteiger partial charge on any atom is 0.0207 e. The summed E-state index contributed by atoms with van der Waals surface area (Å²) in [6.45, 7) is 6.83. The highest BCUT2D eigenvalue weighted by atomic mass is 79.9. The molecular formula is C11H18BrN. The van der Waals surface area contributed by atoms with Gasteiger partial charge in [-0.3, -0.25) is 0 Å². The Morgan fingerprint density at radius 2 is 1.92 bits per heavy atom. The van der Waals surface area contributed by atoms with E-state index < -0.39 is 0 Å². The van der Waals surface area contributed by atoms with Gasteiger partial charge in [-0.05, 0) is 37.1 Å². The van der Waals surface area contributed by atoms with E-state index in [2.05, 4.69) is 35.0 Å². The van der Waals surface area contributed by atoms with E-state index in [1.807, 2.05) is 19.9 Å². The van der Waals surface area contributed by atoms with Crippen molar-refractivity contribution in [2.75, 3.05) is 6.54 Å². The van der Waals surface area contributed by atoms with Crippen LogP contribution in [-0.4, -0.2) is 6.54 Å². The molecule has 0 saturated heterocycles. The average molecular weight is 244 g/mol. The third-order valence-electron chi connectivity index (χ3n) is 1.79. The Balaban J connectivity index is 0.000000671. The van der Waals surface area contributed by atoms with Crippen LogP contribution in [0.5, 0.6) is 0 Å². The van der Waals surface area contributed by atoms with Crippen LogP contribution in [0, 0.1) is 6.92 Å². The summed E-state index contributed by atoms with van der Waals surface area (Å²) in [5, 5.41) is 0. The molecule has 0 saturated carbocycles. The molecule has 0 spiro atoms. The van der Waals surface area contributed by atoms with Gasteiger partial charge >= 0.3 is 0 Å². The van der Waals surface area contributed by atoms with Crippen LogP contribution in [0.25, 0.3) is 0 Å². The highest BCUT2D eigenvalue weighted by Gasteiger charge is 1.98. The fourth-order valence-electron chi connectivity index (χ4n) is 1.08. The van der Waals surface area contributed by atoms with Crippen molar-refractivity contribution in [2.24, 2.45) is 5.73 Å². The van der Waals surface area contributed by atoms with Crippen molar-refractivity contribution in [1.29, 1.82) is 0 Å². The van der Waals surface area contributed by atoms with Crippen LogP contribution >= 0.6 is 15.9 Å². The second-order valence-electron chi connectivity index (χ2n) is 2.56. The average Bonchev–Trinajstić information content (AvgIpc) is 2.17. The first-order valence-electron chi connectivity index (χ1n) is 4.69. The van der Waals surface area contributed by atoms with Crippen LogP contribution in [-0.2, 0) is 6.42 Å². The predicted octanol–water partition coefficient (Wildman–Crippen LogP) is 3.28. The molecule has 1 aromatic rings. The number of halogens is 1. The smallest absolute Gasteiger partial charge is 0.0207 e. The van der Waals surface area contributed by atoms with E-state index in [-0.39, 0.29) is 0 Å². The molecule has 0 bridgehead atoms. The maximum atomic E-state index is 5.46. The Kier molecular flexibility index (Phi) is 6.92. The number of rotatable bonds is 2. The van der Waals surface area contributed by atoms with Gasteiger partial charge in [0, 0.05) is 4.47 Å². The molecule has 0 amide bonds. The molecule has 2 heteroatoms. The van der Waals surface area contributed by atoms with E-state index in [9.17, 15) is 0 Å². The molecular weight excluding hydrogens is 226 g/mol. The lowest BCUT2D eigenvalue weighted by Gasteiger charge is -2.04. The maximum absolute atomic E-state index is 5.46. The van der Waals surface area contributed by atoms with Gasteiger partial charge in [-0.15, -0.1) is 0 Å². The molecule has 2 N–H and O–H groups in total. The number of hydrogen-bond donors (Lipinski definition) is 1. The SMILES string of the molecule is CC.Cc1c(Br)cccc1CCN. The van der Waals surface area contributed by atoms with Gasteiger partial charge in [-0.2, -0.15) is 0 Å². The summed E-state index contributed by atoms with van der Waals surface area (Å²) in [6, 6.07) is 6.21. The minimum absolute atomic E-state index is 0.720. The quantitative estimate of drug-likeness (QED) is 0.848. The Hall–Kier alpha value is -0.340. The second-order valence-corrected chi connectivity index (χ2v) is 3.42. The van der Waals surface area contributed by atoms with Gasteiger partial charge in [0.15, 0.2) is 0 Å². The lowest BCUT2D eigenvalue weighted by atomic mass is 10.1. The van der Waals surface area contributed by atoms with Crippen molar-refractivity contribution in [2.45, 2.75) is 27.2 Å². The molecule has 1 aromatic carbocycles. The van der Waals surface area contributed by atoms with Crippen LogP contribution in [0.3, 0.4) is 0 Å². The molecule has 0 heterocycles. The summed E-state index contributed by atoms with van der Waals surface area (Å²) >= 11 is 3.48. The van der Waals surface area contributed by atoms with E-state index >= 15 is 0 Å². The monoisotopic (exact) mass is 243 g/mol. The van der Waals surface area contributed by atoms with Crippen molar-refractivity contribution in [1.82, 2.24) is 0 Å². The Morgan fingerprint density at radius 1 is 1.31 bits per heavy atom. The third-order valence-corrected chi connectivity index (χ3v) is 2.65.